The molecule has 0 aliphatic rings. The van der Waals surface area contributed by atoms with Gasteiger partial charge in [-0.25, -0.2) is 9.07 Å². The highest BCUT2D eigenvalue weighted by Crippen LogP contribution is 2.18. The van der Waals surface area contributed by atoms with E-state index in [4.69, 9.17) is 0 Å². The highest BCUT2D eigenvalue weighted by Gasteiger charge is 2.07. The third kappa shape index (κ3) is 2.79. The van der Waals surface area contributed by atoms with E-state index in [0.717, 1.165) is 0 Å². The lowest BCUT2D eigenvalue weighted by molar-refractivity contribution is -0.103. The first-order chi connectivity index (χ1) is 9.11. The van der Waals surface area contributed by atoms with Crippen LogP contribution in [-0.4, -0.2) is 26.5 Å². The highest BCUT2D eigenvalue weighted by molar-refractivity contribution is 6.09. The van der Waals surface area contributed by atoms with Crippen molar-refractivity contribution < 1.29 is 9.18 Å². The zero-order chi connectivity index (χ0) is 13.8. The molecule has 0 bridgehead atoms. The van der Waals surface area contributed by atoms with Gasteiger partial charge < -0.3 is 0 Å². The van der Waals surface area contributed by atoms with Crippen molar-refractivity contribution in [2.45, 2.75) is 0 Å². The van der Waals surface area contributed by atoms with Crippen LogP contribution in [-0.2, 0) is 11.8 Å². The normalized spacial score (nSPS) is 11.4. The van der Waals surface area contributed by atoms with E-state index in [9.17, 15) is 9.18 Å². The van der Waals surface area contributed by atoms with Crippen LogP contribution in [0.4, 0.5) is 4.39 Å². The minimum Gasteiger partial charge on any atom is -0.298 e. The molecule has 0 spiro atoms. The van der Waals surface area contributed by atoms with Gasteiger partial charge in [0.15, 0.2) is 12.1 Å². The number of carbonyl (C=O) groups excluding carboxylic acids is 1. The fourth-order valence-electron chi connectivity index (χ4n) is 1.58. The van der Waals surface area contributed by atoms with Gasteiger partial charge in [0, 0.05) is 18.2 Å². The third-order valence-electron chi connectivity index (χ3n) is 2.54. The number of carbonyl (C=O) groups is 1. The minimum absolute atomic E-state index is 0.356. The number of aldehydes is 1. The number of hydrogen-bond acceptors (Lipinski definition) is 4. The van der Waals surface area contributed by atoms with E-state index >= 15 is 0 Å². The summed E-state index contributed by atoms with van der Waals surface area (Å²) in [6.45, 7) is 3.82. The molecule has 0 unspecified atom stereocenters. The zero-order valence-electron chi connectivity index (χ0n) is 10.2. The molecular weight excluding hydrogens is 247 g/mol. The van der Waals surface area contributed by atoms with Crippen molar-refractivity contribution in [1.29, 1.82) is 0 Å². The number of halogens is 1. The summed E-state index contributed by atoms with van der Waals surface area (Å²) in [4.78, 5) is 11.1. The number of tetrazole rings is 1. The van der Waals surface area contributed by atoms with E-state index in [1.54, 1.807) is 13.1 Å². The van der Waals surface area contributed by atoms with Crippen molar-refractivity contribution in [2.75, 3.05) is 0 Å². The van der Waals surface area contributed by atoms with Gasteiger partial charge in [-0.1, -0.05) is 18.7 Å². The second-order valence-corrected chi connectivity index (χ2v) is 3.88. The molecule has 6 heteroatoms. The molecule has 0 N–H and O–H groups in total. The Labute approximate surface area is 109 Å². The largest absolute Gasteiger partial charge is 0.298 e. The molecule has 0 aliphatic carbocycles. The van der Waals surface area contributed by atoms with E-state index < -0.39 is 0 Å². The topological polar surface area (TPSA) is 60.7 Å². The zero-order valence-corrected chi connectivity index (χ0v) is 10.2. The Morgan fingerprint density at radius 3 is 2.58 bits per heavy atom. The van der Waals surface area contributed by atoms with Crippen molar-refractivity contribution in [3.8, 4) is 0 Å². The summed E-state index contributed by atoms with van der Waals surface area (Å²) in [5, 5.41) is 11.0. The molecule has 2 aromatic rings. The van der Waals surface area contributed by atoms with Crippen LogP contribution in [0.1, 0.15) is 11.4 Å². The lowest BCUT2D eigenvalue weighted by atomic mass is 10.0. The summed E-state index contributed by atoms with van der Waals surface area (Å²) >= 11 is 0. The van der Waals surface area contributed by atoms with Crippen molar-refractivity contribution in [1.82, 2.24) is 20.2 Å². The standard InChI is InChI=1S/C13H11FN4O/c1-9(13-15-16-17-18(13)2)7-11(8-19)10-3-5-12(14)6-4-10/h3-8H,1H2,2H3. The van der Waals surface area contributed by atoms with E-state index in [0.29, 0.717) is 28.8 Å². The Kier molecular flexibility index (Phi) is 3.61. The molecule has 1 aromatic carbocycles. The molecule has 0 amide bonds. The molecule has 0 radical (unpaired) electrons. The van der Waals surface area contributed by atoms with Crippen LogP contribution in [0.3, 0.4) is 0 Å². The molecule has 96 valence electrons. The van der Waals surface area contributed by atoms with Gasteiger partial charge >= 0.3 is 0 Å². The maximum atomic E-state index is 12.8. The number of aromatic nitrogens is 4. The smallest absolute Gasteiger partial charge is 0.181 e. The Hall–Kier alpha value is -2.63. The van der Waals surface area contributed by atoms with Crippen molar-refractivity contribution >= 4 is 17.4 Å². The van der Waals surface area contributed by atoms with Crippen LogP contribution >= 0.6 is 0 Å². The molecule has 0 saturated carbocycles. The Morgan fingerprint density at radius 1 is 1.37 bits per heavy atom. The predicted molar refractivity (Wildman–Crippen MR) is 68.3 cm³/mol. The number of aryl methyl sites for hydroxylation is 1. The van der Waals surface area contributed by atoms with E-state index in [-0.39, 0.29) is 5.82 Å². The first-order valence-electron chi connectivity index (χ1n) is 5.46. The van der Waals surface area contributed by atoms with E-state index in [1.165, 1.54) is 28.9 Å². The maximum Gasteiger partial charge on any atom is 0.181 e. The highest BCUT2D eigenvalue weighted by atomic mass is 19.1. The van der Waals surface area contributed by atoms with Crippen LogP contribution < -0.4 is 0 Å². The Morgan fingerprint density at radius 2 is 2.05 bits per heavy atom. The molecule has 19 heavy (non-hydrogen) atoms. The average Bonchev–Trinajstić information content (AvgIpc) is 2.83. The number of allylic oxidation sites excluding steroid dienone is 3. The second kappa shape index (κ2) is 5.34. The summed E-state index contributed by atoms with van der Waals surface area (Å²) in [5.74, 6) is 0.104. The van der Waals surface area contributed by atoms with E-state index in [2.05, 4.69) is 22.1 Å². The molecule has 2 rings (SSSR count). The molecular formula is C13H11FN4O. The van der Waals surface area contributed by atoms with Gasteiger partial charge in [-0.15, -0.1) is 5.10 Å². The molecule has 0 saturated heterocycles. The number of benzene rings is 1. The summed E-state index contributed by atoms with van der Waals surface area (Å²) in [5.41, 5.74) is 1.49. The van der Waals surface area contributed by atoms with Gasteiger partial charge in [0.05, 0.1) is 0 Å². The maximum absolute atomic E-state index is 12.8. The van der Waals surface area contributed by atoms with Crippen LogP contribution in [0.25, 0.3) is 11.1 Å². The SMILES string of the molecule is C=C(C=C(C=O)c1ccc(F)cc1)c1nnnn1C. The van der Waals surface area contributed by atoms with Gasteiger partial charge in [0.1, 0.15) is 5.82 Å². The molecule has 5 nitrogen and oxygen atoms in total. The molecule has 0 fully saturated rings. The lowest BCUT2D eigenvalue weighted by Gasteiger charge is -2.02. The molecule has 0 aliphatic heterocycles. The Bertz CT molecular complexity index is 643. The van der Waals surface area contributed by atoms with Crippen molar-refractivity contribution in [3.05, 3.63) is 54.1 Å². The third-order valence-corrected chi connectivity index (χ3v) is 2.54. The summed E-state index contributed by atoms with van der Waals surface area (Å²) in [7, 11) is 1.67. The summed E-state index contributed by atoms with van der Waals surface area (Å²) < 4.78 is 14.3. The Balaban J connectivity index is 2.34. The van der Waals surface area contributed by atoms with Crippen LogP contribution in [0.2, 0.25) is 0 Å². The first-order valence-corrected chi connectivity index (χ1v) is 5.46. The van der Waals surface area contributed by atoms with Crippen LogP contribution in [0, 0.1) is 5.82 Å². The van der Waals surface area contributed by atoms with Crippen LogP contribution in [0.5, 0.6) is 0 Å². The van der Waals surface area contributed by atoms with Crippen molar-refractivity contribution in [2.24, 2.45) is 7.05 Å². The van der Waals surface area contributed by atoms with Crippen molar-refractivity contribution in [3.63, 3.8) is 0 Å². The monoisotopic (exact) mass is 258 g/mol. The first kappa shape index (κ1) is 12.8. The molecule has 1 heterocycles. The molecule has 1 aromatic heterocycles. The fraction of sp³-hybridized carbons (Fsp3) is 0.0769. The average molecular weight is 258 g/mol. The lowest BCUT2D eigenvalue weighted by Crippen LogP contribution is -1.98. The van der Waals surface area contributed by atoms with Gasteiger partial charge in [0.25, 0.3) is 0 Å². The second-order valence-electron chi connectivity index (χ2n) is 3.88. The fourth-order valence-corrected chi connectivity index (χ4v) is 1.58. The van der Waals surface area contributed by atoms with Gasteiger partial charge in [0.2, 0.25) is 0 Å². The number of nitrogens with zero attached hydrogens (tertiary/aromatic N) is 4. The molecule has 0 atom stereocenters. The number of rotatable bonds is 4. The predicted octanol–water partition coefficient (Wildman–Crippen LogP) is 1.64. The summed E-state index contributed by atoms with van der Waals surface area (Å²) in [6.07, 6.45) is 2.24. The van der Waals surface area contributed by atoms with Gasteiger partial charge in [-0.3, -0.25) is 4.79 Å². The minimum atomic E-state index is -0.356. The van der Waals surface area contributed by atoms with E-state index in [1.807, 2.05) is 0 Å². The summed E-state index contributed by atoms with van der Waals surface area (Å²) in [6, 6.07) is 5.63. The van der Waals surface area contributed by atoms with Crippen LogP contribution in [0.15, 0.2) is 36.9 Å². The number of hydrogen-bond donors (Lipinski definition) is 0. The van der Waals surface area contributed by atoms with Gasteiger partial charge in [-0.2, -0.15) is 0 Å². The quantitative estimate of drug-likeness (QED) is 0.475. The van der Waals surface area contributed by atoms with Gasteiger partial charge in [-0.05, 0) is 34.2 Å².